The predicted molar refractivity (Wildman–Crippen MR) is 60.6 cm³/mol. The number of rotatable bonds is 3. The van der Waals surface area contributed by atoms with E-state index < -0.39 is 5.82 Å². The molecule has 0 N–H and O–H groups in total. The van der Waals surface area contributed by atoms with Crippen molar-refractivity contribution >= 4 is 23.3 Å². The van der Waals surface area contributed by atoms with E-state index >= 15 is 0 Å². The highest BCUT2D eigenvalue weighted by Crippen LogP contribution is 2.23. The number of hydrogen-bond donors (Lipinski definition) is 0. The van der Waals surface area contributed by atoms with Crippen LogP contribution in [-0.4, -0.2) is 9.36 Å². The van der Waals surface area contributed by atoms with Crippen LogP contribution < -0.4 is 0 Å². The Kier molecular flexibility index (Phi) is 3.49. The zero-order valence-electron chi connectivity index (χ0n) is 8.05. The Labute approximate surface area is 100 Å². The summed E-state index contributed by atoms with van der Waals surface area (Å²) in [5.74, 6) is 0.177. The first kappa shape index (κ1) is 11.0. The molecule has 0 unspecified atom stereocenters. The van der Waals surface area contributed by atoms with Gasteiger partial charge in [-0.1, -0.05) is 17.8 Å². The van der Waals surface area contributed by atoms with Crippen molar-refractivity contribution in [2.75, 3.05) is 0 Å². The molecule has 3 nitrogen and oxygen atoms in total. The fourth-order valence-electron chi connectivity index (χ4n) is 1.12. The second-order valence-corrected chi connectivity index (χ2v) is 4.92. The molecule has 1 aromatic carbocycles. The summed E-state index contributed by atoms with van der Waals surface area (Å²) in [5, 5.41) is 8.68. The molecular weight excluding hydrogens is 245 g/mol. The fraction of sp³-hybridized carbons (Fsp3) is 0.100. The molecule has 0 spiro atoms. The molecular formula is C10H6FN3S2. The molecule has 6 heteroatoms. The molecule has 1 aromatic heterocycles. The monoisotopic (exact) mass is 251 g/mol. The molecule has 0 saturated heterocycles. The maximum Gasteiger partial charge on any atom is 0.170 e. The van der Waals surface area contributed by atoms with E-state index in [1.165, 1.54) is 35.7 Å². The van der Waals surface area contributed by atoms with Gasteiger partial charge < -0.3 is 0 Å². The number of halogens is 1. The highest BCUT2D eigenvalue weighted by atomic mass is 32.2. The Hall–Kier alpha value is -1.45. The van der Waals surface area contributed by atoms with E-state index in [1.807, 2.05) is 6.07 Å². The van der Waals surface area contributed by atoms with E-state index in [9.17, 15) is 4.39 Å². The van der Waals surface area contributed by atoms with Crippen LogP contribution in [0.2, 0.25) is 0 Å². The third kappa shape index (κ3) is 2.56. The largest absolute Gasteiger partial charge is 0.216 e. The molecule has 0 radical (unpaired) electrons. The van der Waals surface area contributed by atoms with Crippen molar-refractivity contribution < 1.29 is 4.39 Å². The van der Waals surface area contributed by atoms with E-state index in [1.54, 1.807) is 12.1 Å². The Bertz CT molecular complexity index is 519. The second-order valence-electron chi connectivity index (χ2n) is 2.92. The van der Waals surface area contributed by atoms with E-state index in [0.717, 1.165) is 9.90 Å². The van der Waals surface area contributed by atoms with Gasteiger partial charge in [0.1, 0.15) is 18.2 Å². The van der Waals surface area contributed by atoms with Crippen LogP contribution in [0.15, 0.2) is 28.9 Å². The van der Waals surface area contributed by atoms with E-state index in [4.69, 9.17) is 5.26 Å². The topological polar surface area (TPSA) is 49.6 Å². The lowest BCUT2D eigenvalue weighted by atomic mass is 10.1. The normalized spacial score (nSPS) is 10.0. The molecule has 0 aliphatic rings. The quantitative estimate of drug-likeness (QED) is 0.787. The number of hydrogen-bond acceptors (Lipinski definition) is 5. The first-order chi connectivity index (χ1) is 7.79. The van der Waals surface area contributed by atoms with Crippen molar-refractivity contribution in [3.8, 4) is 6.07 Å². The lowest BCUT2D eigenvalue weighted by molar-refractivity contribution is 0.623. The number of nitrogens with zero attached hydrogens (tertiary/aromatic N) is 3. The van der Waals surface area contributed by atoms with Gasteiger partial charge in [-0.05, 0) is 29.2 Å². The summed E-state index contributed by atoms with van der Waals surface area (Å²) in [6.45, 7) is 0. The maximum absolute atomic E-state index is 13.0. The highest BCUT2D eigenvalue weighted by molar-refractivity contribution is 8.00. The summed E-state index contributed by atoms with van der Waals surface area (Å²) in [4.78, 5) is 4.02. The number of thioether (sulfide) groups is 1. The molecule has 2 rings (SSSR count). The average Bonchev–Trinajstić information content (AvgIpc) is 2.81. The molecule has 80 valence electrons. The summed E-state index contributed by atoms with van der Waals surface area (Å²) in [7, 11) is 0. The van der Waals surface area contributed by atoms with Gasteiger partial charge in [0.25, 0.3) is 0 Å². The van der Waals surface area contributed by atoms with Crippen molar-refractivity contribution in [1.82, 2.24) is 9.36 Å². The van der Waals surface area contributed by atoms with Crippen molar-refractivity contribution in [3.05, 3.63) is 41.5 Å². The summed E-state index contributed by atoms with van der Waals surface area (Å²) >= 11 is 2.84. The molecule has 2 aromatic rings. The van der Waals surface area contributed by atoms with Crippen molar-refractivity contribution in [3.63, 3.8) is 0 Å². The highest BCUT2D eigenvalue weighted by Gasteiger charge is 2.04. The van der Waals surface area contributed by atoms with Crippen LogP contribution in [0.3, 0.4) is 0 Å². The smallest absolute Gasteiger partial charge is 0.170 e. The Morgan fingerprint density at radius 2 is 2.38 bits per heavy atom. The molecule has 0 saturated carbocycles. The lowest BCUT2D eigenvalue weighted by Gasteiger charge is -2.00. The number of nitriles is 1. The molecule has 0 atom stereocenters. The van der Waals surface area contributed by atoms with Gasteiger partial charge >= 0.3 is 0 Å². The molecule has 1 heterocycles. The van der Waals surface area contributed by atoms with E-state index in [2.05, 4.69) is 9.36 Å². The third-order valence-corrected chi connectivity index (χ3v) is 3.72. The summed E-state index contributed by atoms with van der Waals surface area (Å²) in [6, 6.07) is 6.36. The van der Waals surface area contributed by atoms with Crippen LogP contribution >= 0.6 is 23.3 Å². The Morgan fingerprint density at radius 1 is 1.50 bits per heavy atom. The van der Waals surface area contributed by atoms with Gasteiger partial charge in [0.15, 0.2) is 4.34 Å². The maximum atomic E-state index is 13.0. The van der Waals surface area contributed by atoms with Crippen LogP contribution in [0.4, 0.5) is 4.39 Å². The summed E-state index contributed by atoms with van der Waals surface area (Å²) < 4.78 is 17.8. The summed E-state index contributed by atoms with van der Waals surface area (Å²) in [6.07, 6.45) is 1.50. The van der Waals surface area contributed by atoms with Gasteiger partial charge in [0.05, 0.1) is 5.56 Å². The van der Waals surface area contributed by atoms with Crippen LogP contribution in [-0.2, 0) is 5.75 Å². The Balaban J connectivity index is 2.08. The van der Waals surface area contributed by atoms with Crippen LogP contribution in [0.1, 0.15) is 11.1 Å². The average molecular weight is 251 g/mol. The SMILES string of the molecule is N#Cc1cc(CSc2ncns2)ccc1F. The minimum Gasteiger partial charge on any atom is -0.216 e. The van der Waals surface area contributed by atoms with Gasteiger partial charge in [0, 0.05) is 5.75 Å². The fourth-order valence-corrected chi connectivity index (χ4v) is 2.51. The van der Waals surface area contributed by atoms with Gasteiger partial charge in [-0.2, -0.15) is 9.64 Å². The van der Waals surface area contributed by atoms with Gasteiger partial charge in [-0.25, -0.2) is 9.37 Å². The predicted octanol–water partition coefficient (Wildman–Crippen LogP) is 2.84. The molecule has 0 aliphatic carbocycles. The molecule has 16 heavy (non-hydrogen) atoms. The number of benzene rings is 1. The number of aromatic nitrogens is 2. The minimum absolute atomic E-state index is 0.0790. The van der Waals surface area contributed by atoms with Crippen LogP contribution in [0, 0.1) is 17.1 Å². The van der Waals surface area contributed by atoms with E-state index in [0.29, 0.717) is 5.75 Å². The van der Waals surface area contributed by atoms with Gasteiger partial charge in [-0.15, -0.1) is 0 Å². The standard InChI is InChI=1S/C10H6FN3S2/c11-9-2-1-7(3-8(9)4-12)5-15-10-13-6-14-16-10/h1-3,6H,5H2. The van der Waals surface area contributed by atoms with Crippen molar-refractivity contribution in [2.45, 2.75) is 10.1 Å². The van der Waals surface area contributed by atoms with Crippen molar-refractivity contribution in [2.24, 2.45) is 0 Å². The molecule has 0 bridgehead atoms. The molecule has 0 fully saturated rings. The Morgan fingerprint density at radius 3 is 3.06 bits per heavy atom. The first-order valence-electron chi connectivity index (χ1n) is 4.37. The second kappa shape index (κ2) is 5.05. The summed E-state index contributed by atoms with van der Waals surface area (Å²) in [5.41, 5.74) is 0.980. The first-order valence-corrected chi connectivity index (χ1v) is 6.13. The lowest BCUT2D eigenvalue weighted by Crippen LogP contribution is -1.87. The van der Waals surface area contributed by atoms with Crippen LogP contribution in [0.5, 0.6) is 0 Å². The van der Waals surface area contributed by atoms with Gasteiger partial charge in [-0.3, -0.25) is 0 Å². The van der Waals surface area contributed by atoms with Crippen molar-refractivity contribution in [1.29, 1.82) is 5.26 Å². The third-order valence-electron chi connectivity index (χ3n) is 1.85. The minimum atomic E-state index is -0.479. The molecule has 0 aliphatic heterocycles. The van der Waals surface area contributed by atoms with Gasteiger partial charge in [0.2, 0.25) is 0 Å². The molecule has 0 amide bonds. The van der Waals surface area contributed by atoms with Crippen LogP contribution in [0.25, 0.3) is 0 Å². The zero-order chi connectivity index (χ0) is 11.4. The zero-order valence-corrected chi connectivity index (χ0v) is 9.69. The van der Waals surface area contributed by atoms with E-state index in [-0.39, 0.29) is 5.56 Å².